The van der Waals surface area contributed by atoms with Crippen molar-refractivity contribution in [3.05, 3.63) is 75.6 Å². The number of nitrogens with zero attached hydrogens (tertiary/aromatic N) is 1. The average molecular weight is 361 g/mol. The summed E-state index contributed by atoms with van der Waals surface area (Å²) in [6.07, 6.45) is 0. The molecular formula is C14H10F3NO5S. The van der Waals surface area contributed by atoms with Crippen LogP contribution in [-0.4, -0.2) is 13.3 Å². The Kier molecular flexibility index (Phi) is 4.90. The topological polar surface area (TPSA) is 86.5 Å². The lowest BCUT2D eigenvalue weighted by molar-refractivity contribution is -0.385. The van der Waals surface area contributed by atoms with Crippen molar-refractivity contribution in [1.82, 2.24) is 0 Å². The Hall–Kier alpha value is -2.46. The second kappa shape index (κ2) is 6.57. The molecule has 2 aromatic carbocycles. The second-order valence-electron chi connectivity index (χ2n) is 4.60. The summed E-state index contributed by atoms with van der Waals surface area (Å²) in [4.78, 5) is 10.0. The molecule has 0 atom stereocenters. The van der Waals surface area contributed by atoms with Crippen LogP contribution in [0.4, 0.5) is 18.9 Å². The maximum absolute atomic E-state index is 14.1. The minimum atomic E-state index is -5.57. The number of nitro benzene ring substituents is 1. The van der Waals surface area contributed by atoms with Gasteiger partial charge in [0.05, 0.1) is 22.7 Å². The molecule has 0 unspecified atom stereocenters. The summed E-state index contributed by atoms with van der Waals surface area (Å²) < 4.78 is 69.3. The Morgan fingerprint density at radius 3 is 2.29 bits per heavy atom. The summed E-state index contributed by atoms with van der Waals surface area (Å²) in [7, 11) is -5.57. The van der Waals surface area contributed by atoms with Gasteiger partial charge in [-0.25, -0.2) is 4.39 Å². The fourth-order valence-corrected chi connectivity index (χ4v) is 2.72. The monoisotopic (exact) mass is 361 g/mol. The van der Waals surface area contributed by atoms with Crippen LogP contribution in [0.2, 0.25) is 0 Å². The van der Waals surface area contributed by atoms with E-state index in [4.69, 9.17) is 0 Å². The van der Waals surface area contributed by atoms with Gasteiger partial charge in [-0.2, -0.15) is 17.2 Å². The van der Waals surface area contributed by atoms with Crippen molar-refractivity contribution in [2.45, 2.75) is 11.9 Å². The van der Waals surface area contributed by atoms with Gasteiger partial charge in [-0.1, -0.05) is 24.3 Å². The number of benzene rings is 2. The summed E-state index contributed by atoms with van der Waals surface area (Å²) in [6, 6.07) is 8.37. The Labute approximate surface area is 134 Å². The van der Waals surface area contributed by atoms with Gasteiger partial charge in [-0.3, -0.25) is 14.3 Å². The first-order valence-corrected chi connectivity index (χ1v) is 7.82. The zero-order valence-corrected chi connectivity index (χ0v) is 12.7. The highest BCUT2D eigenvalue weighted by molar-refractivity contribution is 7.87. The van der Waals surface area contributed by atoms with E-state index in [0.717, 1.165) is 24.3 Å². The molecule has 0 bridgehead atoms. The number of alkyl halides is 2. The minimum Gasteiger partial charge on any atom is -0.260 e. The highest BCUT2D eigenvalue weighted by atomic mass is 32.2. The van der Waals surface area contributed by atoms with Crippen molar-refractivity contribution in [1.29, 1.82) is 0 Å². The fraction of sp³-hybridized carbons (Fsp3) is 0.143. The van der Waals surface area contributed by atoms with Gasteiger partial charge in [0.15, 0.2) is 0 Å². The van der Waals surface area contributed by atoms with Gasteiger partial charge in [-0.15, -0.1) is 0 Å². The molecule has 2 rings (SSSR count). The first-order chi connectivity index (χ1) is 11.2. The molecule has 0 heterocycles. The molecule has 0 aliphatic rings. The van der Waals surface area contributed by atoms with Gasteiger partial charge in [0.25, 0.3) is 5.69 Å². The molecule has 0 saturated carbocycles. The van der Waals surface area contributed by atoms with E-state index in [1.165, 1.54) is 12.1 Å². The number of hydrogen-bond donors (Lipinski definition) is 0. The van der Waals surface area contributed by atoms with Gasteiger partial charge in [0.1, 0.15) is 5.82 Å². The minimum absolute atomic E-state index is 0.213. The van der Waals surface area contributed by atoms with E-state index in [9.17, 15) is 31.7 Å². The highest BCUT2D eigenvalue weighted by Crippen LogP contribution is 2.37. The van der Waals surface area contributed by atoms with Crippen LogP contribution < -0.4 is 0 Å². The van der Waals surface area contributed by atoms with Gasteiger partial charge in [0, 0.05) is 6.07 Å². The summed E-state index contributed by atoms with van der Waals surface area (Å²) in [5.41, 5.74) is -2.06. The first-order valence-electron chi connectivity index (χ1n) is 6.41. The molecular weight excluding hydrogens is 351 g/mol. The second-order valence-corrected chi connectivity index (χ2v) is 6.26. The largest absolute Gasteiger partial charge is 0.398 e. The van der Waals surface area contributed by atoms with Crippen LogP contribution in [-0.2, 0) is 26.2 Å². The molecule has 128 valence electrons. The van der Waals surface area contributed by atoms with E-state index in [0.29, 0.717) is 12.1 Å². The zero-order chi connectivity index (χ0) is 18.0. The predicted octanol–water partition coefficient (Wildman–Crippen LogP) is 3.33. The van der Waals surface area contributed by atoms with Crippen molar-refractivity contribution in [3.63, 3.8) is 0 Å². The third-order valence-corrected chi connectivity index (χ3v) is 4.34. The normalized spacial score (nSPS) is 12.1. The van der Waals surface area contributed by atoms with E-state index in [1.807, 2.05) is 0 Å². The van der Waals surface area contributed by atoms with Gasteiger partial charge in [0.2, 0.25) is 0 Å². The predicted molar refractivity (Wildman–Crippen MR) is 77.1 cm³/mol. The maximum Gasteiger partial charge on any atom is 0.398 e. The van der Waals surface area contributed by atoms with Crippen LogP contribution in [0, 0.1) is 15.9 Å². The Morgan fingerprint density at radius 1 is 1.08 bits per heavy atom. The average Bonchev–Trinajstić information content (AvgIpc) is 2.53. The summed E-state index contributed by atoms with van der Waals surface area (Å²) >= 11 is 0. The van der Waals surface area contributed by atoms with Gasteiger partial charge < -0.3 is 0 Å². The molecule has 0 fully saturated rings. The van der Waals surface area contributed by atoms with E-state index in [2.05, 4.69) is 4.18 Å². The fourth-order valence-electron chi connectivity index (χ4n) is 1.86. The molecule has 0 saturated heterocycles. The van der Waals surface area contributed by atoms with Crippen molar-refractivity contribution < 1.29 is 30.7 Å². The lowest BCUT2D eigenvalue weighted by atomic mass is 10.2. The number of nitro groups is 1. The number of para-hydroxylation sites is 1. The van der Waals surface area contributed by atoms with E-state index in [-0.39, 0.29) is 5.56 Å². The highest BCUT2D eigenvalue weighted by Gasteiger charge is 2.50. The van der Waals surface area contributed by atoms with E-state index >= 15 is 0 Å². The number of rotatable bonds is 6. The quantitative estimate of drug-likeness (QED) is 0.447. The Bertz CT molecular complexity index is 870. The molecule has 2 aromatic rings. The summed E-state index contributed by atoms with van der Waals surface area (Å²) in [5, 5.41) is 6.16. The van der Waals surface area contributed by atoms with Crippen LogP contribution in [0.1, 0.15) is 11.1 Å². The molecule has 0 aliphatic carbocycles. The van der Waals surface area contributed by atoms with E-state index < -0.39 is 44.0 Å². The van der Waals surface area contributed by atoms with Crippen LogP contribution in [0.5, 0.6) is 0 Å². The molecule has 6 nitrogen and oxygen atoms in total. The van der Waals surface area contributed by atoms with Crippen molar-refractivity contribution in [3.8, 4) is 0 Å². The van der Waals surface area contributed by atoms with Gasteiger partial charge >= 0.3 is 15.4 Å². The number of halogens is 3. The SMILES string of the molecule is O=[N+]([O-])c1ccccc1COS(=O)(=O)C(F)(F)c1ccccc1F. The van der Waals surface area contributed by atoms with Crippen LogP contribution >= 0.6 is 0 Å². The van der Waals surface area contributed by atoms with E-state index in [1.54, 1.807) is 0 Å². The Balaban J connectivity index is 2.29. The maximum atomic E-state index is 14.1. The molecule has 0 spiro atoms. The lowest BCUT2D eigenvalue weighted by Gasteiger charge is -2.17. The smallest absolute Gasteiger partial charge is 0.260 e. The van der Waals surface area contributed by atoms with Crippen LogP contribution in [0.3, 0.4) is 0 Å². The molecule has 0 radical (unpaired) electrons. The van der Waals surface area contributed by atoms with Crippen LogP contribution in [0.25, 0.3) is 0 Å². The standard InChI is InChI=1S/C14H10F3NO5S/c15-12-7-3-2-6-11(12)14(16,17)24(21,22)23-9-10-5-1-4-8-13(10)18(19)20/h1-8H,9H2. The third kappa shape index (κ3) is 3.39. The summed E-state index contributed by atoms with van der Waals surface area (Å²) in [6.45, 7) is -0.983. The summed E-state index contributed by atoms with van der Waals surface area (Å²) in [5.74, 6) is -1.42. The Morgan fingerprint density at radius 2 is 1.67 bits per heavy atom. The molecule has 24 heavy (non-hydrogen) atoms. The van der Waals surface area contributed by atoms with Crippen LogP contribution in [0.15, 0.2) is 48.5 Å². The molecule has 0 amide bonds. The van der Waals surface area contributed by atoms with Crippen molar-refractivity contribution >= 4 is 15.8 Å². The van der Waals surface area contributed by atoms with Crippen molar-refractivity contribution in [2.24, 2.45) is 0 Å². The molecule has 10 heteroatoms. The van der Waals surface area contributed by atoms with Gasteiger partial charge in [-0.05, 0) is 18.2 Å². The third-order valence-electron chi connectivity index (χ3n) is 3.06. The van der Waals surface area contributed by atoms with Crippen molar-refractivity contribution in [2.75, 3.05) is 0 Å². The molecule has 0 aromatic heterocycles. The molecule has 0 N–H and O–H groups in total. The lowest BCUT2D eigenvalue weighted by Crippen LogP contribution is -2.29. The number of hydrogen-bond acceptors (Lipinski definition) is 5. The molecule has 0 aliphatic heterocycles. The first kappa shape index (κ1) is 17.9. The zero-order valence-electron chi connectivity index (χ0n) is 11.9.